The van der Waals surface area contributed by atoms with Crippen molar-refractivity contribution in [1.29, 1.82) is 0 Å². The van der Waals surface area contributed by atoms with Crippen LogP contribution in [-0.4, -0.2) is 74.9 Å². The van der Waals surface area contributed by atoms with Crippen molar-refractivity contribution >= 4 is 67.2 Å². The molecule has 14 heteroatoms. The number of nitrogens with zero attached hydrogens (tertiary/aromatic N) is 2. The predicted molar refractivity (Wildman–Crippen MR) is 156 cm³/mol. The fourth-order valence-corrected chi connectivity index (χ4v) is 4.41. The van der Waals surface area contributed by atoms with Crippen LogP contribution in [0.2, 0.25) is 0 Å². The smallest absolute Gasteiger partial charge is 0.338 e. The molecule has 0 fully saturated rings. The Kier molecular flexibility index (Phi) is 12.0. The Labute approximate surface area is 258 Å². The number of rotatable bonds is 8. The first kappa shape index (κ1) is 32.7. The monoisotopic (exact) mass is 710 g/mol. The van der Waals surface area contributed by atoms with Crippen LogP contribution in [0, 0.1) is 11.8 Å². The van der Waals surface area contributed by atoms with Gasteiger partial charge in [-0.1, -0.05) is 42.2 Å². The standard InChI is InChI=1S/2C14H14BrNO5/c2*1-8-12(14(18)19-2)11(21-16-8)7-20-13(17)9-3-5-10(15)6-4-9/h2*3-6,11-12H,7H2,1-2H3/t2*11-,12+/m00/s1. The van der Waals surface area contributed by atoms with Crippen molar-refractivity contribution in [3.63, 3.8) is 0 Å². The highest BCUT2D eigenvalue weighted by Gasteiger charge is 2.40. The number of ether oxygens (including phenoxy) is 4. The third-order valence-electron chi connectivity index (χ3n) is 6.14. The molecule has 0 radical (unpaired) electrons. The third-order valence-corrected chi connectivity index (χ3v) is 7.19. The van der Waals surface area contributed by atoms with Gasteiger partial charge >= 0.3 is 23.9 Å². The normalized spacial score (nSPS) is 20.4. The number of carbonyl (C=O) groups excluding carboxylic acids is 4. The van der Waals surface area contributed by atoms with Gasteiger partial charge in [-0.15, -0.1) is 0 Å². The van der Waals surface area contributed by atoms with Crippen LogP contribution >= 0.6 is 31.9 Å². The maximum absolute atomic E-state index is 11.9. The lowest BCUT2D eigenvalue weighted by Gasteiger charge is -2.15. The third kappa shape index (κ3) is 8.61. The molecule has 0 aliphatic carbocycles. The number of methoxy groups -OCH3 is 2. The summed E-state index contributed by atoms with van der Waals surface area (Å²) in [6.07, 6.45) is -1.31. The topological polar surface area (TPSA) is 148 Å². The van der Waals surface area contributed by atoms with E-state index < -0.39 is 47.9 Å². The number of hydrogen-bond acceptors (Lipinski definition) is 12. The Balaban J connectivity index is 0.000000230. The average Bonchev–Trinajstić information content (AvgIpc) is 3.56. The molecule has 0 saturated heterocycles. The van der Waals surface area contributed by atoms with Gasteiger partial charge in [-0.05, 0) is 62.4 Å². The van der Waals surface area contributed by atoms with Gasteiger partial charge in [0.2, 0.25) is 0 Å². The summed E-state index contributed by atoms with van der Waals surface area (Å²) in [6.45, 7) is 3.18. The van der Waals surface area contributed by atoms with Crippen molar-refractivity contribution in [2.24, 2.45) is 22.1 Å². The molecular weight excluding hydrogens is 684 g/mol. The van der Waals surface area contributed by atoms with E-state index in [1.165, 1.54) is 14.2 Å². The zero-order valence-corrected chi connectivity index (χ0v) is 26.2. The second-order valence-corrected chi connectivity index (χ2v) is 10.8. The van der Waals surface area contributed by atoms with E-state index in [9.17, 15) is 19.2 Å². The molecule has 12 nitrogen and oxygen atoms in total. The van der Waals surface area contributed by atoms with E-state index in [0.717, 1.165) is 8.95 Å². The molecule has 2 aromatic carbocycles. The van der Waals surface area contributed by atoms with Crippen molar-refractivity contribution in [3.8, 4) is 0 Å². The molecule has 0 saturated carbocycles. The van der Waals surface area contributed by atoms with Crippen LogP contribution in [0.15, 0.2) is 67.8 Å². The fourth-order valence-electron chi connectivity index (χ4n) is 3.88. The summed E-state index contributed by atoms with van der Waals surface area (Å²) in [6, 6.07) is 13.5. The maximum Gasteiger partial charge on any atom is 0.338 e. The van der Waals surface area contributed by atoms with E-state index in [1.807, 2.05) is 0 Å². The van der Waals surface area contributed by atoms with Gasteiger partial charge in [0, 0.05) is 8.95 Å². The Hall–Kier alpha value is -3.78. The molecule has 4 atom stereocenters. The fraction of sp³-hybridized carbons (Fsp3) is 0.357. The second-order valence-electron chi connectivity index (χ2n) is 8.97. The minimum Gasteiger partial charge on any atom is -0.468 e. The minimum atomic E-state index is -0.656. The Morgan fingerprint density at radius 3 is 1.31 bits per heavy atom. The molecule has 0 amide bonds. The first-order valence-corrected chi connectivity index (χ1v) is 14.1. The zero-order chi connectivity index (χ0) is 30.8. The van der Waals surface area contributed by atoms with Gasteiger partial charge in [0.1, 0.15) is 25.0 Å². The van der Waals surface area contributed by atoms with Crippen molar-refractivity contribution in [2.75, 3.05) is 27.4 Å². The van der Waals surface area contributed by atoms with E-state index in [-0.39, 0.29) is 13.2 Å². The lowest BCUT2D eigenvalue weighted by molar-refractivity contribution is -0.147. The molecule has 42 heavy (non-hydrogen) atoms. The van der Waals surface area contributed by atoms with Gasteiger partial charge in [0.05, 0.1) is 36.8 Å². The number of carbonyl (C=O) groups is 4. The SMILES string of the molecule is COC(=O)[C@@H]1C(C)=NO[C@H]1COC(=O)c1ccc(Br)cc1.COC(=O)[C@@H]1C(C)=NO[C@H]1COC(=O)c1ccc(Br)cc1. The molecule has 2 aliphatic rings. The van der Waals surface area contributed by atoms with Gasteiger partial charge in [-0.2, -0.15) is 0 Å². The van der Waals surface area contributed by atoms with Crippen molar-refractivity contribution in [3.05, 3.63) is 68.6 Å². The van der Waals surface area contributed by atoms with Gasteiger partial charge in [0.25, 0.3) is 0 Å². The van der Waals surface area contributed by atoms with Gasteiger partial charge in [-0.25, -0.2) is 9.59 Å². The van der Waals surface area contributed by atoms with Crippen LogP contribution in [-0.2, 0) is 38.2 Å². The highest BCUT2D eigenvalue weighted by Crippen LogP contribution is 2.22. The number of halogens is 2. The Bertz CT molecular complexity index is 1240. The van der Waals surface area contributed by atoms with Gasteiger partial charge < -0.3 is 28.6 Å². The highest BCUT2D eigenvalue weighted by molar-refractivity contribution is 9.10. The largest absolute Gasteiger partial charge is 0.468 e. The molecular formula is C28H28Br2N2O10. The molecule has 2 heterocycles. The summed E-state index contributed by atoms with van der Waals surface area (Å²) in [5, 5.41) is 7.50. The molecule has 0 bridgehead atoms. The van der Waals surface area contributed by atoms with Gasteiger partial charge in [-0.3, -0.25) is 9.59 Å². The first-order valence-electron chi connectivity index (χ1n) is 12.5. The molecule has 0 unspecified atom stereocenters. The van der Waals surface area contributed by atoms with E-state index in [1.54, 1.807) is 62.4 Å². The quantitative estimate of drug-likeness (QED) is 0.286. The lowest BCUT2D eigenvalue weighted by atomic mass is 9.99. The van der Waals surface area contributed by atoms with Crippen LogP contribution in [0.3, 0.4) is 0 Å². The second kappa shape index (κ2) is 15.4. The summed E-state index contributed by atoms with van der Waals surface area (Å²) in [5.74, 6) is -3.18. The first-order chi connectivity index (χ1) is 20.0. The summed E-state index contributed by atoms with van der Waals surface area (Å²) in [7, 11) is 2.58. The minimum absolute atomic E-state index is 0.0739. The summed E-state index contributed by atoms with van der Waals surface area (Å²) in [5.41, 5.74) is 1.85. The van der Waals surface area contributed by atoms with E-state index in [0.29, 0.717) is 22.6 Å². The number of hydrogen-bond donors (Lipinski definition) is 0. The van der Waals surface area contributed by atoms with Crippen molar-refractivity contribution in [1.82, 2.24) is 0 Å². The van der Waals surface area contributed by atoms with Crippen LogP contribution in [0.1, 0.15) is 34.6 Å². The maximum atomic E-state index is 11.9. The van der Waals surface area contributed by atoms with E-state index in [2.05, 4.69) is 42.2 Å². The van der Waals surface area contributed by atoms with Crippen molar-refractivity contribution in [2.45, 2.75) is 26.1 Å². The predicted octanol–water partition coefficient (Wildman–Crippen LogP) is 4.34. The molecule has 224 valence electrons. The summed E-state index contributed by atoms with van der Waals surface area (Å²) >= 11 is 6.57. The van der Waals surface area contributed by atoms with Crippen molar-refractivity contribution < 1.29 is 47.8 Å². The van der Waals surface area contributed by atoms with Gasteiger partial charge in [0.15, 0.2) is 12.2 Å². The Morgan fingerprint density at radius 2 is 1.00 bits per heavy atom. The zero-order valence-electron chi connectivity index (χ0n) is 23.1. The van der Waals surface area contributed by atoms with E-state index in [4.69, 9.17) is 28.6 Å². The molecule has 4 rings (SSSR count). The molecule has 0 N–H and O–H groups in total. The molecule has 2 aromatic rings. The lowest BCUT2D eigenvalue weighted by Crippen LogP contribution is -2.35. The van der Waals surface area contributed by atoms with Crippen LogP contribution in [0.25, 0.3) is 0 Å². The molecule has 0 spiro atoms. The van der Waals surface area contributed by atoms with Crippen LogP contribution < -0.4 is 0 Å². The van der Waals surface area contributed by atoms with E-state index >= 15 is 0 Å². The number of esters is 4. The molecule has 2 aliphatic heterocycles. The number of benzene rings is 2. The highest BCUT2D eigenvalue weighted by atomic mass is 79.9. The van der Waals surface area contributed by atoms with Crippen LogP contribution in [0.5, 0.6) is 0 Å². The van der Waals surface area contributed by atoms with Crippen LogP contribution in [0.4, 0.5) is 0 Å². The molecule has 0 aromatic heterocycles. The average molecular weight is 712 g/mol. The Morgan fingerprint density at radius 1 is 0.667 bits per heavy atom. The number of oxime groups is 2. The summed E-state index contributed by atoms with van der Waals surface area (Å²) in [4.78, 5) is 57.3. The summed E-state index contributed by atoms with van der Waals surface area (Å²) < 4.78 is 21.5.